The fourth-order valence-electron chi connectivity index (χ4n) is 1.50. The van der Waals surface area contributed by atoms with Crippen molar-refractivity contribution in [1.82, 2.24) is 9.38 Å². The van der Waals surface area contributed by atoms with Gasteiger partial charge in [0, 0.05) is 10.6 Å². The van der Waals surface area contributed by atoms with Crippen LogP contribution in [0.25, 0.3) is 4.96 Å². The van der Waals surface area contributed by atoms with Gasteiger partial charge in [0.15, 0.2) is 4.96 Å². The summed E-state index contributed by atoms with van der Waals surface area (Å²) in [4.78, 5) is 16.9. The molecule has 1 N–H and O–H groups in total. The minimum absolute atomic E-state index is 0.336. The maximum atomic E-state index is 11.0. The molecule has 0 aliphatic rings. The molecule has 0 aliphatic carbocycles. The van der Waals surface area contributed by atoms with E-state index in [1.54, 1.807) is 11.3 Å². The van der Waals surface area contributed by atoms with Crippen LogP contribution in [0.2, 0.25) is 0 Å². The quantitative estimate of drug-likeness (QED) is 0.783. The van der Waals surface area contributed by atoms with E-state index in [0.29, 0.717) is 5.69 Å². The smallest absolute Gasteiger partial charge is 0.354 e. The van der Waals surface area contributed by atoms with Crippen LogP contribution in [0.4, 0.5) is 0 Å². The fourth-order valence-corrected chi connectivity index (χ4v) is 2.55. The fraction of sp³-hybridized carbons (Fsp3) is 0.333. The molecule has 2 heterocycles. The van der Waals surface area contributed by atoms with Gasteiger partial charge in [-0.15, -0.1) is 11.3 Å². The zero-order valence-electron chi connectivity index (χ0n) is 8.16. The third-order valence-corrected chi connectivity index (χ3v) is 3.27. The van der Waals surface area contributed by atoms with E-state index in [9.17, 15) is 4.79 Å². The van der Waals surface area contributed by atoms with Crippen molar-refractivity contribution in [1.29, 1.82) is 0 Å². The van der Waals surface area contributed by atoms with Crippen LogP contribution in [0.1, 0.15) is 26.8 Å². The number of aryl methyl sites for hydroxylation is 3. The number of hydrogen-bond donors (Lipinski definition) is 1. The van der Waals surface area contributed by atoms with Gasteiger partial charge >= 0.3 is 5.97 Å². The number of nitrogens with zero attached hydrogens (tertiary/aromatic N) is 2. The van der Waals surface area contributed by atoms with Crippen molar-refractivity contribution in [3.05, 3.63) is 22.0 Å². The first-order valence-electron chi connectivity index (χ1n) is 4.20. The summed E-state index contributed by atoms with van der Waals surface area (Å²) >= 11 is 1.41. The molecule has 0 unspecified atom stereocenters. The van der Waals surface area contributed by atoms with E-state index >= 15 is 0 Å². The van der Waals surface area contributed by atoms with Gasteiger partial charge in [-0.1, -0.05) is 0 Å². The Balaban J connectivity index is 2.91. The Morgan fingerprint density at radius 2 is 2.07 bits per heavy atom. The Bertz CT molecular complexity index is 524. The van der Waals surface area contributed by atoms with Crippen molar-refractivity contribution in [3.63, 3.8) is 0 Å². The van der Waals surface area contributed by atoms with Crippen molar-refractivity contribution in [3.8, 4) is 0 Å². The standard InChI is InChI=1S/C9H10N2O2S/c1-4-5(2)11-7(8(12)13)6(3)14-9(11)10-4/h1-3H3,(H,12,13). The molecule has 2 aromatic heterocycles. The van der Waals surface area contributed by atoms with Gasteiger partial charge in [-0.2, -0.15) is 0 Å². The molecule has 0 amide bonds. The maximum absolute atomic E-state index is 11.0. The molecule has 0 saturated carbocycles. The molecule has 5 heteroatoms. The third kappa shape index (κ3) is 1.05. The zero-order chi connectivity index (χ0) is 10.5. The third-order valence-electron chi connectivity index (χ3n) is 2.32. The van der Waals surface area contributed by atoms with E-state index in [-0.39, 0.29) is 0 Å². The van der Waals surface area contributed by atoms with Gasteiger partial charge < -0.3 is 5.11 Å². The van der Waals surface area contributed by atoms with Crippen LogP contribution in [0.3, 0.4) is 0 Å². The Labute approximate surface area is 84.8 Å². The van der Waals surface area contributed by atoms with E-state index in [0.717, 1.165) is 21.2 Å². The monoisotopic (exact) mass is 210 g/mol. The number of imidazole rings is 1. The first-order valence-corrected chi connectivity index (χ1v) is 5.02. The molecule has 0 saturated heterocycles. The molecular weight excluding hydrogens is 200 g/mol. The summed E-state index contributed by atoms with van der Waals surface area (Å²) < 4.78 is 1.71. The highest BCUT2D eigenvalue weighted by atomic mass is 32.1. The molecule has 2 rings (SSSR count). The van der Waals surface area contributed by atoms with E-state index in [1.807, 2.05) is 13.8 Å². The van der Waals surface area contributed by atoms with Crippen LogP contribution in [0.15, 0.2) is 0 Å². The minimum Gasteiger partial charge on any atom is -0.477 e. The Morgan fingerprint density at radius 3 is 2.64 bits per heavy atom. The van der Waals surface area contributed by atoms with Crippen LogP contribution < -0.4 is 0 Å². The number of rotatable bonds is 1. The van der Waals surface area contributed by atoms with Crippen LogP contribution in [0.5, 0.6) is 0 Å². The van der Waals surface area contributed by atoms with Gasteiger partial charge in [0.2, 0.25) is 0 Å². The SMILES string of the molecule is Cc1nc2sc(C)c(C(=O)O)n2c1C. The molecule has 0 fully saturated rings. The lowest BCUT2D eigenvalue weighted by atomic mass is 10.3. The van der Waals surface area contributed by atoms with Crippen molar-refractivity contribution in [2.45, 2.75) is 20.8 Å². The summed E-state index contributed by atoms with van der Waals surface area (Å²) in [6, 6.07) is 0. The highest BCUT2D eigenvalue weighted by Crippen LogP contribution is 2.25. The lowest BCUT2D eigenvalue weighted by Gasteiger charge is -1.96. The van der Waals surface area contributed by atoms with Crippen LogP contribution in [-0.2, 0) is 0 Å². The van der Waals surface area contributed by atoms with E-state index in [1.165, 1.54) is 11.3 Å². The highest BCUT2D eigenvalue weighted by molar-refractivity contribution is 7.17. The second kappa shape index (κ2) is 2.81. The summed E-state index contributed by atoms with van der Waals surface area (Å²) in [7, 11) is 0. The van der Waals surface area contributed by atoms with Gasteiger partial charge in [-0.25, -0.2) is 9.78 Å². The van der Waals surface area contributed by atoms with E-state index < -0.39 is 5.97 Å². The number of hydrogen-bond acceptors (Lipinski definition) is 3. The van der Waals surface area contributed by atoms with Crippen LogP contribution in [-0.4, -0.2) is 20.5 Å². The van der Waals surface area contributed by atoms with Crippen molar-refractivity contribution in [2.24, 2.45) is 0 Å². The molecule has 0 atom stereocenters. The highest BCUT2D eigenvalue weighted by Gasteiger charge is 2.19. The van der Waals surface area contributed by atoms with E-state index in [4.69, 9.17) is 5.11 Å². The zero-order valence-corrected chi connectivity index (χ0v) is 8.97. The second-order valence-corrected chi connectivity index (χ2v) is 4.39. The Morgan fingerprint density at radius 1 is 1.43 bits per heavy atom. The Hall–Kier alpha value is -1.36. The molecule has 0 aliphatic heterocycles. The number of aromatic nitrogens is 2. The first-order chi connectivity index (χ1) is 6.52. The molecule has 0 radical (unpaired) electrons. The summed E-state index contributed by atoms with van der Waals surface area (Å²) in [6.45, 7) is 5.57. The van der Waals surface area contributed by atoms with Crippen molar-refractivity contribution >= 4 is 22.3 Å². The average molecular weight is 210 g/mol. The van der Waals surface area contributed by atoms with E-state index in [2.05, 4.69) is 4.98 Å². The molecular formula is C9H10N2O2S. The summed E-state index contributed by atoms with van der Waals surface area (Å²) in [6.07, 6.45) is 0. The van der Waals surface area contributed by atoms with Gasteiger partial charge in [0.05, 0.1) is 5.69 Å². The van der Waals surface area contributed by atoms with Gasteiger partial charge in [-0.05, 0) is 20.8 Å². The van der Waals surface area contributed by atoms with Gasteiger partial charge in [-0.3, -0.25) is 4.40 Å². The van der Waals surface area contributed by atoms with Crippen LogP contribution >= 0.6 is 11.3 Å². The predicted molar refractivity (Wildman–Crippen MR) is 54.2 cm³/mol. The number of carbonyl (C=O) groups is 1. The summed E-state index contributed by atoms with van der Waals surface area (Å²) in [5, 5.41) is 9.04. The van der Waals surface area contributed by atoms with Crippen molar-refractivity contribution < 1.29 is 9.90 Å². The summed E-state index contributed by atoms with van der Waals surface area (Å²) in [5.41, 5.74) is 2.13. The molecule has 2 aromatic rings. The van der Waals surface area contributed by atoms with Gasteiger partial charge in [0.1, 0.15) is 5.69 Å². The molecule has 4 nitrogen and oxygen atoms in total. The topological polar surface area (TPSA) is 54.6 Å². The summed E-state index contributed by atoms with van der Waals surface area (Å²) in [5.74, 6) is -0.894. The number of fused-ring (bicyclic) bond motifs is 1. The molecule has 74 valence electrons. The second-order valence-electron chi connectivity index (χ2n) is 3.21. The van der Waals surface area contributed by atoms with Crippen LogP contribution in [0, 0.1) is 20.8 Å². The number of carboxylic acids is 1. The largest absolute Gasteiger partial charge is 0.477 e. The maximum Gasteiger partial charge on any atom is 0.354 e. The average Bonchev–Trinajstić information content (AvgIpc) is 2.51. The number of carboxylic acid groups (broad SMARTS) is 1. The molecule has 0 spiro atoms. The predicted octanol–water partition coefficient (Wildman–Crippen LogP) is 2.02. The molecule has 0 aromatic carbocycles. The number of aromatic carboxylic acids is 1. The normalized spacial score (nSPS) is 11.1. The minimum atomic E-state index is -0.894. The molecule has 0 bridgehead atoms. The lowest BCUT2D eigenvalue weighted by Crippen LogP contribution is -2.04. The lowest BCUT2D eigenvalue weighted by molar-refractivity contribution is 0.0688. The van der Waals surface area contributed by atoms with Gasteiger partial charge in [0.25, 0.3) is 0 Å². The molecule has 14 heavy (non-hydrogen) atoms. The first kappa shape index (κ1) is 9.21. The Kier molecular flexibility index (Phi) is 1.85. The number of thiazole rings is 1. The van der Waals surface area contributed by atoms with Crippen molar-refractivity contribution in [2.75, 3.05) is 0 Å².